The van der Waals surface area contributed by atoms with Gasteiger partial charge in [0.2, 0.25) is 5.95 Å². The molecule has 0 amide bonds. The summed E-state index contributed by atoms with van der Waals surface area (Å²) in [6.45, 7) is 1.74. The fourth-order valence-corrected chi connectivity index (χ4v) is 3.68. The molecular weight excluding hydrogens is 390 g/mol. The number of benzene rings is 2. The standard InChI is InChI=1S/C20H16ClN7O/c21-17-3-5-18(6-4-17)28-19(12-27-22-7-8-23-27)24-25-20(28)26-10-15-2-1-14(13-29)9-16(15)11-26/h1-9,13H,10-12H2. The molecule has 8 nitrogen and oxygen atoms in total. The van der Waals surface area contributed by atoms with Gasteiger partial charge in [-0.05, 0) is 41.5 Å². The van der Waals surface area contributed by atoms with Crippen LogP contribution in [0.3, 0.4) is 0 Å². The SMILES string of the molecule is O=Cc1ccc2c(c1)CN(c1nnc(Cn3nccn3)n1-c1ccc(Cl)cc1)C2. The average molecular weight is 406 g/mol. The van der Waals surface area contributed by atoms with E-state index < -0.39 is 0 Å². The average Bonchev–Trinajstić information content (AvgIpc) is 3.47. The van der Waals surface area contributed by atoms with Crippen LogP contribution >= 0.6 is 11.6 Å². The van der Waals surface area contributed by atoms with Crippen molar-refractivity contribution >= 4 is 23.8 Å². The number of aldehydes is 1. The summed E-state index contributed by atoms with van der Waals surface area (Å²) >= 11 is 6.08. The van der Waals surface area contributed by atoms with E-state index in [0.717, 1.165) is 23.5 Å². The van der Waals surface area contributed by atoms with E-state index in [1.807, 2.05) is 47.0 Å². The first-order valence-electron chi connectivity index (χ1n) is 9.07. The van der Waals surface area contributed by atoms with Crippen LogP contribution in [0.15, 0.2) is 54.9 Å². The van der Waals surface area contributed by atoms with Crippen LogP contribution in [0.2, 0.25) is 5.02 Å². The summed E-state index contributed by atoms with van der Waals surface area (Å²) in [6.07, 6.45) is 4.13. The molecule has 1 aliphatic rings. The summed E-state index contributed by atoms with van der Waals surface area (Å²) in [5.41, 5.74) is 3.88. The van der Waals surface area contributed by atoms with Gasteiger partial charge in [0.05, 0.1) is 18.1 Å². The Balaban J connectivity index is 1.55. The Morgan fingerprint density at radius 1 is 0.966 bits per heavy atom. The maximum Gasteiger partial charge on any atom is 0.232 e. The Morgan fingerprint density at radius 3 is 2.48 bits per heavy atom. The molecule has 2 aromatic heterocycles. The van der Waals surface area contributed by atoms with Gasteiger partial charge < -0.3 is 4.90 Å². The van der Waals surface area contributed by atoms with Crippen molar-refractivity contribution in [1.29, 1.82) is 0 Å². The van der Waals surface area contributed by atoms with E-state index >= 15 is 0 Å². The van der Waals surface area contributed by atoms with Gasteiger partial charge >= 0.3 is 0 Å². The summed E-state index contributed by atoms with van der Waals surface area (Å²) in [5, 5.41) is 17.9. The van der Waals surface area contributed by atoms with E-state index in [1.165, 1.54) is 5.56 Å². The van der Waals surface area contributed by atoms with E-state index in [9.17, 15) is 4.79 Å². The van der Waals surface area contributed by atoms with Crippen LogP contribution in [0, 0.1) is 0 Å². The van der Waals surface area contributed by atoms with Crippen molar-refractivity contribution in [3.63, 3.8) is 0 Å². The van der Waals surface area contributed by atoms with Crippen molar-refractivity contribution in [2.24, 2.45) is 0 Å². The third-order valence-electron chi connectivity index (χ3n) is 4.92. The number of hydrogen-bond acceptors (Lipinski definition) is 6. The van der Waals surface area contributed by atoms with Gasteiger partial charge in [0, 0.05) is 23.7 Å². The Hall–Kier alpha value is -3.52. The van der Waals surface area contributed by atoms with Gasteiger partial charge in [-0.15, -0.1) is 10.2 Å². The minimum absolute atomic E-state index is 0.388. The van der Waals surface area contributed by atoms with Crippen LogP contribution in [-0.4, -0.2) is 36.0 Å². The van der Waals surface area contributed by atoms with Crippen LogP contribution in [0.25, 0.3) is 5.69 Å². The van der Waals surface area contributed by atoms with Gasteiger partial charge in [-0.1, -0.05) is 23.7 Å². The van der Waals surface area contributed by atoms with Crippen molar-refractivity contribution in [2.45, 2.75) is 19.6 Å². The highest BCUT2D eigenvalue weighted by Crippen LogP contribution is 2.30. The van der Waals surface area contributed by atoms with E-state index in [1.54, 1.807) is 17.2 Å². The Morgan fingerprint density at radius 2 is 1.72 bits per heavy atom. The second kappa shape index (κ2) is 7.14. The zero-order chi connectivity index (χ0) is 19.8. The van der Waals surface area contributed by atoms with E-state index in [2.05, 4.69) is 25.3 Å². The number of anilines is 1. The highest BCUT2D eigenvalue weighted by molar-refractivity contribution is 6.30. The molecular formula is C20H16ClN7O. The maximum atomic E-state index is 11.1. The molecule has 0 radical (unpaired) electrons. The predicted molar refractivity (Wildman–Crippen MR) is 107 cm³/mol. The van der Waals surface area contributed by atoms with Gasteiger partial charge in [0.1, 0.15) is 12.8 Å². The van der Waals surface area contributed by atoms with Gasteiger partial charge in [0.15, 0.2) is 5.82 Å². The van der Waals surface area contributed by atoms with Crippen molar-refractivity contribution in [3.8, 4) is 5.69 Å². The van der Waals surface area contributed by atoms with Gasteiger partial charge in [-0.25, -0.2) is 0 Å². The summed E-state index contributed by atoms with van der Waals surface area (Å²) in [4.78, 5) is 14.8. The maximum absolute atomic E-state index is 11.1. The molecule has 1 aliphatic heterocycles. The lowest BCUT2D eigenvalue weighted by molar-refractivity contribution is 0.112. The third kappa shape index (κ3) is 3.27. The molecule has 2 aromatic carbocycles. The lowest BCUT2D eigenvalue weighted by atomic mass is 10.1. The van der Waals surface area contributed by atoms with Crippen LogP contribution in [-0.2, 0) is 19.6 Å². The summed E-state index contributed by atoms with van der Waals surface area (Å²) in [6, 6.07) is 13.3. The number of carbonyl (C=O) groups excluding carboxylic acids is 1. The second-order valence-electron chi connectivity index (χ2n) is 6.79. The lowest BCUT2D eigenvalue weighted by Crippen LogP contribution is -2.20. The molecule has 9 heteroatoms. The van der Waals surface area contributed by atoms with Crippen molar-refractivity contribution in [3.05, 3.63) is 82.4 Å². The minimum Gasteiger partial charge on any atom is -0.332 e. The lowest BCUT2D eigenvalue weighted by Gasteiger charge is -2.18. The number of carbonyl (C=O) groups is 1. The Labute approximate surface area is 171 Å². The number of fused-ring (bicyclic) bond motifs is 1. The first kappa shape index (κ1) is 17.6. The Bertz CT molecular complexity index is 1170. The Kier molecular flexibility index (Phi) is 4.33. The number of halogens is 1. The number of aromatic nitrogens is 6. The van der Waals surface area contributed by atoms with Crippen LogP contribution < -0.4 is 4.90 Å². The predicted octanol–water partition coefficient (Wildman–Crippen LogP) is 2.89. The number of hydrogen-bond donors (Lipinski definition) is 0. The van der Waals surface area contributed by atoms with Gasteiger partial charge in [-0.3, -0.25) is 9.36 Å². The molecule has 0 saturated carbocycles. The zero-order valence-corrected chi connectivity index (χ0v) is 16.1. The first-order chi connectivity index (χ1) is 14.2. The highest BCUT2D eigenvalue weighted by Gasteiger charge is 2.26. The molecule has 0 fully saturated rings. The van der Waals surface area contributed by atoms with E-state index in [-0.39, 0.29) is 0 Å². The monoisotopic (exact) mass is 405 g/mol. The fraction of sp³-hybridized carbons (Fsp3) is 0.150. The number of nitrogens with zero attached hydrogens (tertiary/aromatic N) is 7. The summed E-state index contributed by atoms with van der Waals surface area (Å²) in [7, 11) is 0. The van der Waals surface area contributed by atoms with Crippen molar-refractivity contribution in [1.82, 2.24) is 29.8 Å². The topological polar surface area (TPSA) is 81.7 Å². The molecule has 0 bridgehead atoms. The number of rotatable bonds is 5. The smallest absolute Gasteiger partial charge is 0.232 e. The molecule has 144 valence electrons. The fourth-order valence-electron chi connectivity index (χ4n) is 3.55. The third-order valence-corrected chi connectivity index (χ3v) is 5.17. The zero-order valence-electron chi connectivity index (χ0n) is 15.3. The van der Waals surface area contributed by atoms with Gasteiger partial charge in [-0.2, -0.15) is 15.0 Å². The molecule has 0 N–H and O–H groups in total. The molecule has 29 heavy (non-hydrogen) atoms. The van der Waals surface area contributed by atoms with Crippen LogP contribution in [0.5, 0.6) is 0 Å². The molecule has 0 saturated heterocycles. The van der Waals surface area contributed by atoms with Gasteiger partial charge in [0.25, 0.3) is 0 Å². The molecule has 0 aliphatic carbocycles. The van der Waals surface area contributed by atoms with E-state index in [0.29, 0.717) is 36.0 Å². The molecule has 5 rings (SSSR count). The molecule has 4 aromatic rings. The summed E-state index contributed by atoms with van der Waals surface area (Å²) < 4.78 is 1.99. The van der Waals surface area contributed by atoms with Crippen LogP contribution in [0.4, 0.5) is 5.95 Å². The van der Waals surface area contributed by atoms with E-state index in [4.69, 9.17) is 11.6 Å². The normalized spacial score (nSPS) is 12.9. The highest BCUT2D eigenvalue weighted by atomic mass is 35.5. The summed E-state index contributed by atoms with van der Waals surface area (Å²) in [5.74, 6) is 1.43. The van der Waals surface area contributed by atoms with Crippen molar-refractivity contribution < 1.29 is 4.79 Å². The first-order valence-corrected chi connectivity index (χ1v) is 9.45. The minimum atomic E-state index is 0.388. The second-order valence-corrected chi connectivity index (χ2v) is 7.23. The molecule has 0 spiro atoms. The van der Waals surface area contributed by atoms with Crippen LogP contribution in [0.1, 0.15) is 27.3 Å². The molecule has 0 unspecified atom stereocenters. The molecule has 0 atom stereocenters. The largest absolute Gasteiger partial charge is 0.332 e. The quantitative estimate of drug-likeness (QED) is 0.475. The molecule has 3 heterocycles. The van der Waals surface area contributed by atoms with Crippen molar-refractivity contribution in [2.75, 3.05) is 4.90 Å².